The zero-order valence-electron chi connectivity index (χ0n) is 22.7. The highest BCUT2D eigenvalue weighted by Gasteiger charge is 2.17. The minimum atomic E-state index is 0.0412. The van der Waals surface area contributed by atoms with E-state index in [0.29, 0.717) is 26.0 Å². The molecule has 1 aliphatic heterocycles. The number of aromatic nitrogens is 2. The van der Waals surface area contributed by atoms with Gasteiger partial charge in [-0.1, -0.05) is 12.1 Å². The van der Waals surface area contributed by atoms with E-state index in [-0.39, 0.29) is 5.91 Å². The van der Waals surface area contributed by atoms with Gasteiger partial charge >= 0.3 is 0 Å². The highest BCUT2D eigenvalue weighted by Crippen LogP contribution is 2.30. The van der Waals surface area contributed by atoms with Crippen LogP contribution in [0.5, 0.6) is 11.5 Å². The molecule has 1 N–H and O–H groups in total. The Kier molecular flexibility index (Phi) is 8.75. The van der Waals surface area contributed by atoms with E-state index in [0.717, 1.165) is 78.1 Å². The van der Waals surface area contributed by atoms with Gasteiger partial charge in [-0.15, -0.1) is 0 Å². The molecule has 0 unspecified atom stereocenters. The maximum atomic E-state index is 12.8. The molecular formula is C31H36N4O4. The van der Waals surface area contributed by atoms with Crippen molar-refractivity contribution in [3.63, 3.8) is 0 Å². The van der Waals surface area contributed by atoms with Crippen molar-refractivity contribution in [2.75, 3.05) is 53.1 Å². The van der Waals surface area contributed by atoms with Crippen molar-refractivity contribution in [2.45, 2.75) is 19.8 Å². The summed E-state index contributed by atoms with van der Waals surface area (Å²) in [7, 11) is 1.66. The number of nitrogens with zero attached hydrogens (tertiary/aromatic N) is 3. The number of ether oxygens (including phenoxy) is 3. The number of hydrogen-bond donors (Lipinski definition) is 1. The standard InChI is InChI=1S/C31H36N4O4/c1-3-39-27-6-4-5-24(21-27)25-9-13-29-33-31(23-7-10-26(37-2)11-8-23)28(35(29)22-25)12-14-30(36)32-15-16-34-17-19-38-20-18-34/h4-11,13,21-22H,3,12,14-20H2,1-2H3,(H,32,36). The van der Waals surface area contributed by atoms with Crippen LogP contribution in [0.1, 0.15) is 19.0 Å². The molecule has 39 heavy (non-hydrogen) atoms. The van der Waals surface area contributed by atoms with Gasteiger partial charge in [-0.2, -0.15) is 0 Å². The predicted molar refractivity (Wildman–Crippen MR) is 152 cm³/mol. The van der Waals surface area contributed by atoms with Crippen molar-refractivity contribution in [1.29, 1.82) is 0 Å². The van der Waals surface area contributed by atoms with E-state index < -0.39 is 0 Å². The molecule has 1 amide bonds. The Morgan fingerprint density at radius 2 is 1.79 bits per heavy atom. The molecule has 3 heterocycles. The quantitative estimate of drug-likeness (QED) is 0.310. The number of nitrogens with one attached hydrogen (secondary N) is 1. The smallest absolute Gasteiger partial charge is 0.220 e. The summed E-state index contributed by atoms with van der Waals surface area (Å²) in [5, 5.41) is 3.09. The summed E-state index contributed by atoms with van der Waals surface area (Å²) >= 11 is 0. The number of imidazole rings is 1. The van der Waals surface area contributed by atoms with Crippen LogP contribution in [0.4, 0.5) is 0 Å². The largest absolute Gasteiger partial charge is 0.497 e. The van der Waals surface area contributed by atoms with Crippen LogP contribution in [0.25, 0.3) is 28.0 Å². The first kappa shape index (κ1) is 26.7. The van der Waals surface area contributed by atoms with Crippen LogP contribution >= 0.6 is 0 Å². The number of hydrogen-bond acceptors (Lipinski definition) is 6. The second-order valence-electron chi connectivity index (χ2n) is 9.55. The van der Waals surface area contributed by atoms with Gasteiger partial charge < -0.3 is 23.9 Å². The SMILES string of the molecule is CCOc1cccc(-c2ccc3nc(-c4ccc(OC)cc4)c(CCC(=O)NCCN4CCOCC4)n3c2)c1. The van der Waals surface area contributed by atoms with E-state index in [4.69, 9.17) is 19.2 Å². The summed E-state index contributed by atoms with van der Waals surface area (Å²) in [5.74, 6) is 1.67. The maximum Gasteiger partial charge on any atom is 0.220 e. The van der Waals surface area contributed by atoms with Crippen LogP contribution in [0, 0.1) is 0 Å². The Bertz CT molecular complexity index is 1390. The molecule has 2 aromatic heterocycles. The molecule has 0 radical (unpaired) electrons. The fourth-order valence-electron chi connectivity index (χ4n) is 4.91. The van der Waals surface area contributed by atoms with Gasteiger partial charge in [-0.25, -0.2) is 4.98 Å². The molecule has 8 nitrogen and oxygen atoms in total. The number of fused-ring (bicyclic) bond motifs is 1. The molecule has 0 aliphatic carbocycles. The average molecular weight is 529 g/mol. The normalized spacial score (nSPS) is 13.9. The third kappa shape index (κ3) is 6.58. The Hall–Kier alpha value is -3.88. The number of amides is 1. The molecule has 204 valence electrons. The lowest BCUT2D eigenvalue weighted by atomic mass is 10.1. The van der Waals surface area contributed by atoms with Crippen LogP contribution < -0.4 is 14.8 Å². The van der Waals surface area contributed by atoms with Gasteiger partial charge in [0.25, 0.3) is 0 Å². The van der Waals surface area contributed by atoms with Crippen molar-refractivity contribution < 1.29 is 19.0 Å². The number of aryl methyl sites for hydroxylation is 1. The Labute approximate surface area is 229 Å². The third-order valence-electron chi connectivity index (χ3n) is 7.00. The van der Waals surface area contributed by atoms with Gasteiger partial charge in [0, 0.05) is 44.4 Å². The molecule has 4 aromatic rings. The van der Waals surface area contributed by atoms with E-state index in [2.05, 4.69) is 32.9 Å². The molecule has 1 aliphatic rings. The van der Waals surface area contributed by atoms with E-state index in [1.807, 2.05) is 55.5 Å². The Morgan fingerprint density at radius 3 is 2.56 bits per heavy atom. The summed E-state index contributed by atoms with van der Waals surface area (Å²) in [6.07, 6.45) is 3.05. The Balaban J connectivity index is 1.39. The number of methoxy groups -OCH3 is 1. The summed E-state index contributed by atoms with van der Waals surface area (Å²) in [6, 6.07) is 20.1. The molecule has 1 saturated heterocycles. The number of carbonyl (C=O) groups is 1. The van der Waals surface area contributed by atoms with Gasteiger partial charge in [0.15, 0.2) is 0 Å². The van der Waals surface area contributed by atoms with Crippen LogP contribution in [0.3, 0.4) is 0 Å². The van der Waals surface area contributed by atoms with E-state index >= 15 is 0 Å². The summed E-state index contributed by atoms with van der Waals surface area (Å²) in [6.45, 7) is 7.42. The number of benzene rings is 2. The van der Waals surface area contributed by atoms with Gasteiger partial charge in [-0.3, -0.25) is 9.69 Å². The second kappa shape index (κ2) is 12.8. The average Bonchev–Trinajstić information content (AvgIpc) is 3.35. The first-order chi connectivity index (χ1) is 19.1. The first-order valence-electron chi connectivity index (χ1n) is 13.6. The lowest BCUT2D eigenvalue weighted by Crippen LogP contribution is -2.41. The van der Waals surface area contributed by atoms with E-state index in [1.165, 1.54) is 0 Å². The third-order valence-corrected chi connectivity index (χ3v) is 7.00. The fraction of sp³-hybridized carbons (Fsp3) is 0.355. The summed E-state index contributed by atoms with van der Waals surface area (Å²) < 4.78 is 18.6. The van der Waals surface area contributed by atoms with Crippen molar-refractivity contribution in [3.05, 3.63) is 72.6 Å². The van der Waals surface area contributed by atoms with Gasteiger partial charge in [-0.05, 0) is 73.0 Å². The molecular weight excluding hydrogens is 492 g/mol. The number of morpholine rings is 1. The molecule has 8 heteroatoms. The van der Waals surface area contributed by atoms with Crippen molar-refractivity contribution in [2.24, 2.45) is 0 Å². The fourth-order valence-corrected chi connectivity index (χ4v) is 4.91. The number of rotatable bonds is 11. The highest BCUT2D eigenvalue weighted by atomic mass is 16.5. The highest BCUT2D eigenvalue weighted by molar-refractivity contribution is 5.77. The van der Waals surface area contributed by atoms with Crippen LogP contribution in [0.2, 0.25) is 0 Å². The zero-order valence-corrected chi connectivity index (χ0v) is 22.7. The molecule has 0 atom stereocenters. The second-order valence-corrected chi connectivity index (χ2v) is 9.55. The lowest BCUT2D eigenvalue weighted by Gasteiger charge is -2.26. The van der Waals surface area contributed by atoms with Crippen molar-refractivity contribution >= 4 is 11.6 Å². The predicted octanol–water partition coefficient (Wildman–Crippen LogP) is 4.46. The minimum Gasteiger partial charge on any atom is -0.497 e. The van der Waals surface area contributed by atoms with Crippen LogP contribution in [-0.4, -0.2) is 73.3 Å². The lowest BCUT2D eigenvalue weighted by molar-refractivity contribution is -0.121. The van der Waals surface area contributed by atoms with Crippen LogP contribution in [-0.2, 0) is 16.0 Å². The zero-order chi connectivity index (χ0) is 27.0. The molecule has 0 bridgehead atoms. The minimum absolute atomic E-state index is 0.0412. The van der Waals surface area contributed by atoms with Gasteiger partial charge in [0.05, 0.1) is 38.3 Å². The molecule has 2 aromatic carbocycles. The summed E-state index contributed by atoms with van der Waals surface area (Å²) in [5.41, 5.74) is 5.82. The van der Waals surface area contributed by atoms with Gasteiger partial charge in [0.2, 0.25) is 5.91 Å². The molecule has 0 saturated carbocycles. The number of pyridine rings is 1. The van der Waals surface area contributed by atoms with Crippen LogP contribution in [0.15, 0.2) is 66.9 Å². The van der Waals surface area contributed by atoms with E-state index in [1.54, 1.807) is 7.11 Å². The van der Waals surface area contributed by atoms with E-state index in [9.17, 15) is 4.79 Å². The van der Waals surface area contributed by atoms with Crippen molar-refractivity contribution in [1.82, 2.24) is 19.6 Å². The van der Waals surface area contributed by atoms with Gasteiger partial charge in [0.1, 0.15) is 17.1 Å². The molecule has 5 rings (SSSR count). The van der Waals surface area contributed by atoms with Crippen molar-refractivity contribution in [3.8, 4) is 33.9 Å². The summed E-state index contributed by atoms with van der Waals surface area (Å²) in [4.78, 5) is 20.1. The number of carbonyl (C=O) groups excluding carboxylic acids is 1. The molecule has 1 fully saturated rings. The Morgan fingerprint density at radius 1 is 1.00 bits per heavy atom. The monoisotopic (exact) mass is 528 g/mol. The topological polar surface area (TPSA) is 77.3 Å². The molecule has 0 spiro atoms. The first-order valence-corrected chi connectivity index (χ1v) is 13.6. The maximum absolute atomic E-state index is 12.8.